The number of benzene rings is 3. The third kappa shape index (κ3) is 6.51. The average Bonchev–Trinajstić information content (AvgIpc) is 2.83. The van der Waals surface area contributed by atoms with E-state index in [9.17, 15) is 9.59 Å². The first-order valence-electron chi connectivity index (χ1n) is 10.5. The standard InChI is InChI=1S/C25H23N5O3/c31-24(16-22-25(32)30-28-23(27-22)15-18-8-3-1-4-9-18)29-26-17-19-10-7-13-21(14-19)33-20-11-5-2-6-12-20/h1-14,17,22H,15-16H2,(H,27,28)(H,29,31)(H,30,32)/b26-17-/t22-/m1/s1. The number of ether oxygens (including phenoxy) is 1. The van der Waals surface area contributed by atoms with Crippen molar-refractivity contribution in [3.63, 3.8) is 0 Å². The van der Waals surface area contributed by atoms with Crippen molar-refractivity contribution >= 4 is 23.9 Å². The zero-order valence-corrected chi connectivity index (χ0v) is 17.8. The number of hydrazine groups is 1. The number of para-hydroxylation sites is 1. The van der Waals surface area contributed by atoms with Gasteiger partial charge in [-0.15, -0.1) is 0 Å². The van der Waals surface area contributed by atoms with E-state index < -0.39 is 11.9 Å². The fourth-order valence-corrected chi connectivity index (χ4v) is 3.20. The van der Waals surface area contributed by atoms with Crippen molar-refractivity contribution < 1.29 is 14.3 Å². The van der Waals surface area contributed by atoms with E-state index >= 15 is 0 Å². The Morgan fingerprint density at radius 1 is 0.970 bits per heavy atom. The molecule has 8 nitrogen and oxygen atoms in total. The van der Waals surface area contributed by atoms with Crippen LogP contribution in [0.4, 0.5) is 0 Å². The van der Waals surface area contributed by atoms with Crippen molar-refractivity contribution in [3.05, 3.63) is 96.1 Å². The minimum absolute atomic E-state index is 0.111. The smallest absolute Gasteiger partial charge is 0.263 e. The van der Waals surface area contributed by atoms with E-state index in [2.05, 4.69) is 26.4 Å². The zero-order valence-electron chi connectivity index (χ0n) is 17.8. The molecule has 0 spiro atoms. The molecule has 3 aromatic carbocycles. The molecule has 0 bridgehead atoms. The fraction of sp³-hybridized carbons (Fsp3) is 0.120. The number of hydrazone groups is 1. The first-order valence-corrected chi connectivity index (χ1v) is 10.5. The highest BCUT2D eigenvalue weighted by Gasteiger charge is 2.25. The number of hydrogen-bond donors (Lipinski definition) is 3. The molecule has 1 heterocycles. The molecule has 2 amide bonds. The van der Waals surface area contributed by atoms with E-state index in [1.807, 2.05) is 84.9 Å². The van der Waals surface area contributed by atoms with Crippen LogP contribution in [0, 0.1) is 0 Å². The highest BCUT2D eigenvalue weighted by Crippen LogP contribution is 2.21. The summed E-state index contributed by atoms with van der Waals surface area (Å²) in [6.45, 7) is 0. The SMILES string of the molecule is O=C(C[C@H]1N=C(Cc2ccccc2)NNC1=O)N/N=C\c1cccc(Oc2ccccc2)c1. The molecule has 33 heavy (non-hydrogen) atoms. The fourth-order valence-electron chi connectivity index (χ4n) is 3.20. The maximum absolute atomic E-state index is 12.3. The molecular formula is C25H23N5O3. The lowest BCUT2D eigenvalue weighted by molar-refractivity contribution is -0.128. The highest BCUT2D eigenvalue weighted by atomic mass is 16.5. The molecule has 8 heteroatoms. The van der Waals surface area contributed by atoms with Gasteiger partial charge in [0.05, 0.1) is 12.6 Å². The number of nitrogens with one attached hydrogen (secondary N) is 3. The maximum atomic E-state index is 12.3. The molecule has 1 aliphatic heterocycles. The van der Waals surface area contributed by atoms with Crippen LogP contribution in [0.25, 0.3) is 0 Å². The number of amides is 2. The van der Waals surface area contributed by atoms with Gasteiger partial charge in [0.25, 0.3) is 5.91 Å². The van der Waals surface area contributed by atoms with E-state index in [1.165, 1.54) is 6.21 Å². The summed E-state index contributed by atoms with van der Waals surface area (Å²) < 4.78 is 5.80. The Hall–Kier alpha value is -4.46. The monoisotopic (exact) mass is 441 g/mol. The quantitative estimate of drug-likeness (QED) is 0.369. The van der Waals surface area contributed by atoms with Crippen molar-refractivity contribution in [3.8, 4) is 11.5 Å². The van der Waals surface area contributed by atoms with Crippen LogP contribution in [0.5, 0.6) is 11.5 Å². The predicted molar refractivity (Wildman–Crippen MR) is 126 cm³/mol. The van der Waals surface area contributed by atoms with Gasteiger partial charge >= 0.3 is 0 Å². The molecule has 4 rings (SSSR count). The van der Waals surface area contributed by atoms with Crippen LogP contribution in [0.2, 0.25) is 0 Å². The van der Waals surface area contributed by atoms with E-state index in [1.54, 1.807) is 0 Å². The Bertz CT molecular complexity index is 1160. The third-order valence-electron chi connectivity index (χ3n) is 4.78. The van der Waals surface area contributed by atoms with Crippen molar-refractivity contribution in [2.45, 2.75) is 18.9 Å². The van der Waals surface area contributed by atoms with Gasteiger partial charge in [-0.3, -0.25) is 25.4 Å². The average molecular weight is 441 g/mol. The van der Waals surface area contributed by atoms with Crippen molar-refractivity contribution in [1.82, 2.24) is 16.3 Å². The molecule has 0 fully saturated rings. The minimum Gasteiger partial charge on any atom is -0.457 e. The lowest BCUT2D eigenvalue weighted by Gasteiger charge is -2.21. The molecular weight excluding hydrogens is 418 g/mol. The third-order valence-corrected chi connectivity index (χ3v) is 4.78. The van der Waals surface area contributed by atoms with Gasteiger partial charge in [0, 0.05) is 6.42 Å². The molecule has 0 radical (unpaired) electrons. The second-order valence-electron chi connectivity index (χ2n) is 7.35. The predicted octanol–water partition coefficient (Wildman–Crippen LogP) is 2.96. The van der Waals surface area contributed by atoms with Gasteiger partial charge in [0.15, 0.2) is 0 Å². The van der Waals surface area contributed by atoms with E-state index in [-0.39, 0.29) is 12.3 Å². The summed E-state index contributed by atoms with van der Waals surface area (Å²) in [4.78, 5) is 28.8. The topological polar surface area (TPSA) is 104 Å². The van der Waals surface area contributed by atoms with Crippen LogP contribution in [0.1, 0.15) is 17.5 Å². The number of carbonyl (C=O) groups excluding carboxylic acids is 2. The molecule has 0 saturated carbocycles. The van der Waals surface area contributed by atoms with Crippen LogP contribution in [0.15, 0.2) is 95.0 Å². The minimum atomic E-state index is -0.817. The van der Waals surface area contributed by atoms with E-state index in [0.29, 0.717) is 18.0 Å². The van der Waals surface area contributed by atoms with Crippen LogP contribution in [-0.4, -0.2) is 29.9 Å². The van der Waals surface area contributed by atoms with Crippen molar-refractivity contribution in [1.29, 1.82) is 0 Å². The van der Waals surface area contributed by atoms with Gasteiger partial charge in [0.2, 0.25) is 5.91 Å². The van der Waals surface area contributed by atoms with Crippen LogP contribution in [0.3, 0.4) is 0 Å². The molecule has 3 aromatic rings. The van der Waals surface area contributed by atoms with E-state index in [4.69, 9.17) is 4.74 Å². The van der Waals surface area contributed by atoms with Gasteiger partial charge in [-0.25, -0.2) is 5.43 Å². The molecule has 0 aliphatic carbocycles. The van der Waals surface area contributed by atoms with Crippen molar-refractivity contribution in [2.75, 3.05) is 0 Å². The lowest BCUT2D eigenvalue weighted by Crippen LogP contribution is -2.52. The molecule has 0 saturated heterocycles. The molecule has 1 atom stereocenters. The first kappa shape index (κ1) is 21.8. The molecule has 166 valence electrons. The van der Waals surface area contributed by atoms with Gasteiger partial charge in [-0.1, -0.05) is 60.7 Å². The first-order chi connectivity index (χ1) is 16.2. The maximum Gasteiger partial charge on any atom is 0.263 e. The van der Waals surface area contributed by atoms with Crippen molar-refractivity contribution in [2.24, 2.45) is 10.1 Å². The summed E-state index contributed by atoms with van der Waals surface area (Å²) in [7, 11) is 0. The number of rotatable bonds is 8. The van der Waals surface area contributed by atoms with Crippen LogP contribution >= 0.6 is 0 Å². The van der Waals surface area contributed by atoms with Crippen LogP contribution < -0.4 is 21.0 Å². The second-order valence-corrected chi connectivity index (χ2v) is 7.35. The number of nitrogens with zero attached hydrogens (tertiary/aromatic N) is 2. The number of hydrogen-bond acceptors (Lipinski definition) is 6. The summed E-state index contributed by atoms with van der Waals surface area (Å²) in [5.74, 6) is 1.21. The molecule has 1 aliphatic rings. The summed E-state index contributed by atoms with van der Waals surface area (Å²) in [5.41, 5.74) is 9.61. The number of amidine groups is 1. The number of aliphatic imine (C=N–C) groups is 1. The molecule has 0 unspecified atom stereocenters. The number of carbonyl (C=O) groups is 2. The highest BCUT2D eigenvalue weighted by molar-refractivity contribution is 5.96. The lowest BCUT2D eigenvalue weighted by atomic mass is 10.1. The summed E-state index contributed by atoms with van der Waals surface area (Å²) in [5, 5.41) is 3.99. The van der Waals surface area contributed by atoms with Gasteiger partial charge < -0.3 is 4.74 Å². The Labute approximate surface area is 191 Å². The van der Waals surface area contributed by atoms with E-state index in [0.717, 1.165) is 16.9 Å². The Morgan fingerprint density at radius 2 is 1.70 bits per heavy atom. The molecule has 0 aromatic heterocycles. The second kappa shape index (κ2) is 10.7. The summed E-state index contributed by atoms with van der Waals surface area (Å²) in [6, 6.07) is 25.7. The Kier molecular flexibility index (Phi) is 7.07. The Morgan fingerprint density at radius 3 is 2.48 bits per heavy atom. The van der Waals surface area contributed by atoms with Gasteiger partial charge in [0.1, 0.15) is 23.4 Å². The zero-order chi connectivity index (χ0) is 22.9. The Balaban J connectivity index is 1.31. The molecule has 3 N–H and O–H groups in total. The normalized spacial score (nSPS) is 15.3. The summed E-state index contributed by atoms with van der Waals surface area (Å²) >= 11 is 0. The summed E-state index contributed by atoms with van der Waals surface area (Å²) in [6.07, 6.45) is 1.93. The van der Waals surface area contributed by atoms with Gasteiger partial charge in [-0.05, 0) is 35.4 Å². The van der Waals surface area contributed by atoms with Crippen LogP contribution in [-0.2, 0) is 16.0 Å². The van der Waals surface area contributed by atoms with Gasteiger partial charge in [-0.2, -0.15) is 5.10 Å². The largest absolute Gasteiger partial charge is 0.457 e.